The van der Waals surface area contributed by atoms with Gasteiger partial charge in [0.15, 0.2) is 11.5 Å². The number of carbonyl (C=O) groups is 2. The third kappa shape index (κ3) is 5.11. The van der Waals surface area contributed by atoms with Gasteiger partial charge < -0.3 is 19.7 Å². The molecule has 0 bridgehead atoms. The van der Waals surface area contributed by atoms with E-state index >= 15 is 0 Å². The summed E-state index contributed by atoms with van der Waals surface area (Å²) in [5, 5.41) is 2.74. The van der Waals surface area contributed by atoms with Gasteiger partial charge in [0.2, 0.25) is 11.9 Å². The molecule has 1 amide bonds. The van der Waals surface area contributed by atoms with Crippen LogP contribution in [0, 0.1) is 0 Å². The zero-order valence-corrected chi connectivity index (χ0v) is 18.2. The number of methoxy groups -OCH3 is 1. The number of hydrogen-bond acceptors (Lipinski definition) is 6. The van der Waals surface area contributed by atoms with E-state index < -0.39 is 11.6 Å². The lowest BCUT2D eigenvalue weighted by atomic mass is 10.1. The van der Waals surface area contributed by atoms with Gasteiger partial charge in [-0.3, -0.25) is 9.36 Å². The molecule has 28 heavy (non-hydrogen) atoms. The fourth-order valence-corrected chi connectivity index (χ4v) is 2.79. The minimum atomic E-state index is -0.855. The molecule has 0 aliphatic rings. The van der Waals surface area contributed by atoms with Crippen LogP contribution < -0.4 is 10.2 Å². The number of carbonyl (C=O) groups excluding carboxylic acids is 2. The largest absolute Gasteiger partial charge is 0.452 e. The number of anilines is 2. The number of aromatic nitrogens is 2. The first-order valence-electron chi connectivity index (χ1n) is 8.63. The third-order valence-corrected chi connectivity index (χ3v) is 4.22. The second-order valence-corrected chi connectivity index (χ2v) is 7.50. The topological polar surface area (TPSA) is 85.7 Å². The number of esters is 1. The molecule has 1 heterocycles. The zero-order valence-electron chi connectivity index (χ0n) is 16.7. The number of ether oxygens (including phenoxy) is 2. The Morgan fingerprint density at radius 1 is 1.25 bits per heavy atom. The van der Waals surface area contributed by atoms with E-state index in [1.54, 1.807) is 23.3 Å². The summed E-state index contributed by atoms with van der Waals surface area (Å²) < 4.78 is 12.5. The summed E-state index contributed by atoms with van der Waals surface area (Å²) in [6, 6.07) is 9.29. The monoisotopic (exact) mass is 452 g/mol. The van der Waals surface area contributed by atoms with Crippen molar-refractivity contribution in [2.75, 3.05) is 43.4 Å². The van der Waals surface area contributed by atoms with Crippen LogP contribution in [0.3, 0.4) is 0 Å². The van der Waals surface area contributed by atoms with Crippen LogP contribution in [0.25, 0.3) is 5.69 Å². The molecular formula is C19H25BrN4O4. The molecule has 0 fully saturated rings. The van der Waals surface area contributed by atoms with Crippen molar-refractivity contribution in [2.24, 2.45) is 0 Å². The standard InChI is InChI=1S/C19H25BrN4O4/c1-19(2,12-27-5)28-17(26)15-16(21-14(25)11-20)22-18(23(3)4)24(15)13-9-7-6-8-10-13/h6-10H,11-12H2,1-5H3,(H,21,25). The lowest BCUT2D eigenvalue weighted by Gasteiger charge is -2.25. The Hall–Kier alpha value is -2.39. The van der Waals surface area contributed by atoms with Crippen molar-refractivity contribution in [3.05, 3.63) is 36.0 Å². The molecule has 0 unspecified atom stereocenters. The highest BCUT2D eigenvalue weighted by Gasteiger charge is 2.31. The molecule has 0 aliphatic heterocycles. The van der Waals surface area contributed by atoms with Crippen molar-refractivity contribution >= 4 is 39.6 Å². The fourth-order valence-electron chi connectivity index (χ4n) is 2.65. The predicted molar refractivity (Wildman–Crippen MR) is 112 cm³/mol. The summed E-state index contributed by atoms with van der Waals surface area (Å²) in [6.45, 7) is 3.73. The van der Waals surface area contributed by atoms with Crippen LogP contribution in [0.2, 0.25) is 0 Å². The predicted octanol–water partition coefficient (Wildman–Crippen LogP) is 2.85. The first-order chi connectivity index (χ1) is 13.2. The van der Waals surface area contributed by atoms with E-state index in [-0.39, 0.29) is 29.4 Å². The smallest absolute Gasteiger partial charge is 0.359 e. The number of benzene rings is 1. The van der Waals surface area contributed by atoms with Gasteiger partial charge in [-0.05, 0) is 26.0 Å². The number of imidazole rings is 1. The molecule has 2 rings (SSSR count). The number of hydrogen-bond donors (Lipinski definition) is 1. The molecule has 2 aromatic rings. The van der Waals surface area contributed by atoms with Gasteiger partial charge in [-0.1, -0.05) is 34.1 Å². The van der Waals surface area contributed by atoms with Crippen LogP contribution in [0.5, 0.6) is 0 Å². The van der Waals surface area contributed by atoms with Crippen molar-refractivity contribution in [1.82, 2.24) is 9.55 Å². The Morgan fingerprint density at radius 3 is 2.43 bits per heavy atom. The van der Waals surface area contributed by atoms with Crippen LogP contribution in [-0.4, -0.2) is 60.2 Å². The first kappa shape index (κ1) is 21.9. The quantitative estimate of drug-likeness (QED) is 0.489. The van der Waals surface area contributed by atoms with Crippen molar-refractivity contribution in [3.8, 4) is 5.69 Å². The maximum Gasteiger partial charge on any atom is 0.359 e. The number of nitrogens with one attached hydrogen (secondary N) is 1. The number of rotatable bonds is 8. The summed E-state index contributed by atoms with van der Waals surface area (Å²) in [5.41, 5.74) is -0.00464. The van der Waals surface area contributed by atoms with Gasteiger partial charge in [0.25, 0.3) is 0 Å². The van der Waals surface area contributed by atoms with Gasteiger partial charge in [-0.2, -0.15) is 4.98 Å². The lowest BCUT2D eigenvalue weighted by molar-refractivity contribution is -0.113. The van der Waals surface area contributed by atoms with Crippen LogP contribution in [-0.2, 0) is 14.3 Å². The normalized spacial score (nSPS) is 11.2. The maximum absolute atomic E-state index is 13.1. The van der Waals surface area contributed by atoms with Gasteiger partial charge in [-0.15, -0.1) is 0 Å². The summed E-state index contributed by atoms with van der Waals surface area (Å²) in [7, 11) is 5.15. The highest BCUT2D eigenvalue weighted by molar-refractivity contribution is 9.09. The van der Waals surface area contributed by atoms with Crippen LogP contribution in [0.15, 0.2) is 30.3 Å². The van der Waals surface area contributed by atoms with Gasteiger partial charge in [-0.25, -0.2) is 4.79 Å². The number of nitrogens with zero attached hydrogens (tertiary/aromatic N) is 3. The second kappa shape index (κ2) is 9.20. The van der Waals surface area contributed by atoms with Gasteiger partial charge in [0.05, 0.1) is 11.9 Å². The molecule has 1 aromatic heterocycles. The molecule has 0 aliphatic carbocycles. The maximum atomic E-state index is 13.1. The molecule has 0 saturated carbocycles. The average Bonchev–Trinajstić information content (AvgIpc) is 3.01. The first-order valence-corrected chi connectivity index (χ1v) is 9.76. The lowest BCUT2D eigenvalue weighted by Crippen LogP contribution is -2.34. The highest BCUT2D eigenvalue weighted by atomic mass is 79.9. The van der Waals surface area contributed by atoms with Crippen molar-refractivity contribution in [3.63, 3.8) is 0 Å². The minimum absolute atomic E-state index is 0.0755. The molecule has 1 N–H and O–H groups in total. The van der Waals surface area contributed by atoms with E-state index in [0.717, 1.165) is 5.69 Å². The molecular weight excluding hydrogens is 428 g/mol. The van der Waals surface area contributed by atoms with E-state index in [2.05, 4.69) is 26.2 Å². The van der Waals surface area contributed by atoms with Gasteiger partial charge >= 0.3 is 5.97 Å². The Labute approximate surface area is 173 Å². The summed E-state index contributed by atoms with van der Waals surface area (Å²) in [6.07, 6.45) is 0. The van der Waals surface area contributed by atoms with Crippen molar-refractivity contribution in [2.45, 2.75) is 19.4 Å². The fraction of sp³-hybridized carbons (Fsp3) is 0.421. The Morgan fingerprint density at radius 2 is 1.89 bits per heavy atom. The second-order valence-electron chi connectivity index (χ2n) is 6.94. The van der Waals surface area contributed by atoms with E-state index in [9.17, 15) is 9.59 Å². The molecule has 9 heteroatoms. The van der Waals surface area contributed by atoms with E-state index in [4.69, 9.17) is 9.47 Å². The van der Waals surface area contributed by atoms with Crippen molar-refractivity contribution in [1.29, 1.82) is 0 Å². The number of alkyl halides is 1. The van der Waals surface area contributed by atoms with E-state index in [0.29, 0.717) is 5.95 Å². The molecule has 152 valence electrons. The molecule has 0 spiro atoms. The van der Waals surface area contributed by atoms with Gasteiger partial charge in [0, 0.05) is 26.9 Å². The minimum Gasteiger partial charge on any atom is -0.452 e. The number of para-hydroxylation sites is 1. The van der Waals surface area contributed by atoms with E-state index in [1.807, 2.05) is 44.4 Å². The van der Waals surface area contributed by atoms with Gasteiger partial charge in [0.1, 0.15) is 5.60 Å². The van der Waals surface area contributed by atoms with Crippen LogP contribution in [0.4, 0.5) is 11.8 Å². The Kier molecular flexibility index (Phi) is 7.20. The average molecular weight is 453 g/mol. The molecule has 0 radical (unpaired) electrons. The Balaban J connectivity index is 2.64. The summed E-state index contributed by atoms with van der Waals surface area (Å²) >= 11 is 3.11. The third-order valence-electron chi connectivity index (χ3n) is 3.71. The molecule has 1 aromatic carbocycles. The van der Waals surface area contributed by atoms with E-state index in [1.165, 1.54) is 7.11 Å². The highest BCUT2D eigenvalue weighted by Crippen LogP contribution is 2.29. The molecule has 0 saturated heterocycles. The van der Waals surface area contributed by atoms with Crippen LogP contribution in [0.1, 0.15) is 24.3 Å². The molecule has 0 atom stereocenters. The number of amides is 1. The Bertz CT molecular complexity index is 834. The van der Waals surface area contributed by atoms with Crippen LogP contribution >= 0.6 is 15.9 Å². The SMILES string of the molecule is COCC(C)(C)OC(=O)c1c(NC(=O)CBr)nc(N(C)C)n1-c1ccccc1. The van der Waals surface area contributed by atoms with Crippen molar-refractivity contribution < 1.29 is 19.1 Å². The summed E-state index contributed by atoms with van der Waals surface area (Å²) in [5.74, 6) is -0.326. The molecule has 8 nitrogen and oxygen atoms in total. The zero-order chi connectivity index (χ0) is 20.9. The summed E-state index contributed by atoms with van der Waals surface area (Å²) in [4.78, 5) is 31.3. The number of halogens is 1.